The molecule has 96 valence electrons. The van der Waals surface area contributed by atoms with Crippen molar-refractivity contribution in [1.29, 1.82) is 0 Å². The molecule has 0 amide bonds. The lowest BCUT2D eigenvalue weighted by molar-refractivity contribution is 0.935. The second-order valence-corrected chi connectivity index (χ2v) is 4.29. The summed E-state index contributed by atoms with van der Waals surface area (Å²) in [6.07, 6.45) is 7.66. The van der Waals surface area contributed by atoms with Crippen molar-refractivity contribution in [3.05, 3.63) is 41.8 Å². The molecule has 7 heteroatoms. The molecular weight excluding hydrogens is 264 g/mol. The predicted molar refractivity (Wildman–Crippen MR) is 73.1 cm³/mol. The number of halogens is 1. The summed E-state index contributed by atoms with van der Waals surface area (Å²) in [6, 6.07) is 1.91. The second-order valence-electron chi connectivity index (χ2n) is 3.95. The summed E-state index contributed by atoms with van der Waals surface area (Å²) in [4.78, 5) is 19.5. The molecule has 0 unspecified atom stereocenters. The fourth-order valence-electron chi connectivity index (χ4n) is 1.82. The SMILES string of the molecule is Clc1nc(NCCc2cnccn2)c2cc[nH]c2n1. The molecular formula is C12H11ClN6. The van der Waals surface area contributed by atoms with E-state index in [1.807, 2.05) is 12.3 Å². The van der Waals surface area contributed by atoms with Crippen LogP contribution in [0.25, 0.3) is 11.0 Å². The summed E-state index contributed by atoms with van der Waals surface area (Å²) >= 11 is 5.87. The highest BCUT2D eigenvalue weighted by atomic mass is 35.5. The third-order valence-corrected chi connectivity index (χ3v) is 2.85. The Hall–Kier alpha value is -2.21. The summed E-state index contributed by atoms with van der Waals surface area (Å²) in [5, 5.41) is 4.38. The quantitative estimate of drug-likeness (QED) is 0.712. The Kier molecular flexibility index (Phi) is 3.24. The lowest BCUT2D eigenvalue weighted by Gasteiger charge is -2.06. The van der Waals surface area contributed by atoms with Crippen molar-refractivity contribution in [2.45, 2.75) is 6.42 Å². The van der Waals surface area contributed by atoms with Gasteiger partial charge < -0.3 is 10.3 Å². The highest BCUT2D eigenvalue weighted by molar-refractivity contribution is 6.28. The zero-order valence-electron chi connectivity index (χ0n) is 9.97. The van der Waals surface area contributed by atoms with Crippen LogP contribution in [0.5, 0.6) is 0 Å². The van der Waals surface area contributed by atoms with Crippen LogP contribution >= 0.6 is 11.6 Å². The molecule has 0 aliphatic heterocycles. The van der Waals surface area contributed by atoms with Gasteiger partial charge in [-0.1, -0.05) is 0 Å². The maximum Gasteiger partial charge on any atom is 0.226 e. The van der Waals surface area contributed by atoms with Crippen molar-refractivity contribution in [3.63, 3.8) is 0 Å². The van der Waals surface area contributed by atoms with E-state index in [1.54, 1.807) is 18.6 Å². The van der Waals surface area contributed by atoms with Crippen LogP contribution < -0.4 is 5.32 Å². The van der Waals surface area contributed by atoms with Gasteiger partial charge >= 0.3 is 0 Å². The maximum atomic E-state index is 5.87. The van der Waals surface area contributed by atoms with Gasteiger partial charge in [-0.05, 0) is 17.7 Å². The molecule has 0 atom stereocenters. The first kappa shape index (κ1) is 11.9. The average molecular weight is 275 g/mol. The number of hydrogen-bond acceptors (Lipinski definition) is 5. The van der Waals surface area contributed by atoms with Crippen LogP contribution in [0.2, 0.25) is 5.28 Å². The van der Waals surface area contributed by atoms with Gasteiger partial charge in [0.05, 0.1) is 11.1 Å². The van der Waals surface area contributed by atoms with Gasteiger partial charge in [0.1, 0.15) is 11.5 Å². The first-order valence-corrected chi connectivity index (χ1v) is 6.20. The summed E-state index contributed by atoms with van der Waals surface area (Å²) in [5.41, 5.74) is 1.66. The molecule has 0 fully saturated rings. The second kappa shape index (κ2) is 5.19. The maximum absolute atomic E-state index is 5.87. The van der Waals surface area contributed by atoms with Gasteiger partial charge in [0.15, 0.2) is 0 Å². The first-order chi connectivity index (χ1) is 9.33. The summed E-state index contributed by atoms with van der Waals surface area (Å²) in [5.74, 6) is 0.722. The molecule has 0 aromatic carbocycles. The minimum Gasteiger partial charge on any atom is -0.369 e. The average Bonchev–Trinajstić information content (AvgIpc) is 2.88. The molecule has 0 aliphatic carbocycles. The van der Waals surface area contributed by atoms with E-state index in [1.165, 1.54) is 0 Å². The molecule has 6 nitrogen and oxygen atoms in total. The number of anilines is 1. The molecule has 3 rings (SSSR count). The minimum absolute atomic E-state index is 0.219. The molecule has 19 heavy (non-hydrogen) atoms. The van der Waals surface area contributed by atoms with Crippen LogP contribution in [0, 0.1) is 0 Å². The normalized spacial score (nSPS) is 10.8. The zero-order valence-corrected chi connectivity index (χ0v) is 10.7. The molecule has 3 aromatic rings. The number of H-pyrrole nitrogens is 1. The Morgan fingerprint density at radius 1 is 1.26 bits per heavy atom. The van der Waals surface area contributed by atoms with Crippen LogP contribution in [-0.4, -0.2) is 31.5 Å². The largest absolute Gasteiger partial charge is 0.369 e. The molecule has 0 aliphatic rings. The lowest BCUT2D eigenvalue weighted by atomic mass is 10.3. The molecule has 3 aromatic heterocycles. The highest BCUT2D eigenvalue weighted by Crippen LogP contribution is 2.20. The molecule has 0 saturated heterocycles. The van der Waals surface area contributed by atoms with Gasteiger partial charge in [0.25, 0.3) is 0 Å². The van der Waals surface area contributed by atoms with E-state index in [4.69, 9.17) is 11.6 Å². The van der Waals surface area contributed by atoms with Gasteiger partial charge in [-0.25, -0.2) is 4.98 Å². The van der Waals surface area contributed by atoms with E-state index in [0.29, 0.717) is 6.54 Å². The van der Waals surface area contributed by atoms with Crippen molar-refractivity contribution in [3.8, 4) is 0 Å². The summed E-state index contributed by atoms with van der Waals surface area (Å²) < 4.78 is 0. The van der Waals surface area contributed by atoms with Crippen LogP contribution in [-0.2, 0) is 6.42 Å². The fourth-order valence-corrected chi connectivity index (χ4v) is 1.99. The van der Waals surface area contributed by atoms with Crippen LogP contribution in [0.1, 0.15) is 5.69 Å². The van der Waals surface area contributed by atoms with Gasteiger partial charge in [-0.3, -0.25) is 9.97 Å². The Balaban J connectivity index is 1.73. The van der Waals surface area contributed by atoms with Crippen LogP contribution in [0.4, 0.5) is 5.82 Å². The Morgan fingerprint density at radius 3 is 3.05 bits per heavy atom. The first-order valence-electron chi connectivity index (χ1n) is 5.82. The van der Waals surface area contributed by atoms with Crippen molar-refractivity contribution in [1.82, 2.24) is 24.9 Å². The van der Waals surface area contributed by atoms with E-state index in [0.717, 1.165) is 29.0 Å². The lowest BCUT2D eigenvalue weighted by Crippen LogP contribution is -2.08. The molecule has 3 heterocycles. The third-order valence-electron chi connectivity index (χ3n) is 2.68. The van der Waals surface area contributed by atoms with E-state index < -0.39 is 0 Å². The fraction of sp³-hybridized carbons (Fsp3) is 0.167. The van der Waals surface area contributed by atoms with Gasteiger partial charge in [0, 0.05) is 37.8 Å². The summed E-state index contributed by atoms with van der Waals surface area (Å²) in [6.45, 7) is 0.701. The predicted octanol–water partition coefficient (Wildman–Crippen LogP) is 2.06. The summed E-state index contributed by atoms with van der Waals surface area (Å²) in [7, 11) is 0. The van der Waals surface area contributed by atoms with Crippen LogP contribution in [0.15, 0.2) is 30.9 Å². The number of aromatic nitrogens is 5. The number of rotatable bonds is 4. The van der Waals surface area contributed by atoms with Crippen LogP contribution in [0.3, 0.4) is 0 Å². The Bertz CT molecular complexity index is 681. The number of nitrogens with zero attached hydrogens (tertiary/aromatic N) is 4. The number of hydrogen-bond donors (Lipinski definition) is 2. The molecule has 0 spiro atoms. The van der Waals surface area contributed by atoms with Crippen molar-refractivity contribution in [2.24, 2.45) is 0 Å². The monoisotopic (exact) mass is 274 g/mol. The van der Waals surface area contributed by atoms with Gasteiger partial charge in [-0.2, -0.15) is 4.98 Å². The van der Waals surface area contributed by atoms with Crippen molar-refractivity contribution < 1.29 is 0 Å². The number of fused-ring (bicyclic) bond motifs is 1. The van der Waals surface area contributed by atoms with E-state index in [9.17, 15) is 0 Å². The number of nitrogens with one attached hydrogen (secondary N) is 2. The van der Waals surface area contributed by atoms with E-state index in [-0.39, 0.29) is 5.28 Å². The topological polar surface area (TPSA) is 79.4 Å². The van der Waals surface area contributed by atoms with Crippen molar-refractivity contribution in [2.75, 3.05) is 11.9 Å². The smallest absolute Gasteiger partial charge is 0.226 e. The van der Waals surface area contributed by atoms with Gasteiger partial charge in [0.2, 0.25) is 5.28 Å². The minimum atomic E-state index is 0.219. The van der Waals surface area contributed by atoms with Gasteiger partial charge in [-0.15, -0.1) is 0 Å². The Labute approximate surface area is 114 Å². The molecule has 2 N–H and O–H groups in total. The third kappa shape index (κ3) is 2.63. The zero-order chi connectivity index (χ0) is 13.1. The molecule has 0 bridgehead atoms. The standard InChI is InChI=1S/C12H11ClN6/c13-12-18-10(9-2-4-17-11(9)19-12)16-3-1-8-7-14-5-6-15-8/h2,4-7H,1,3H2,(H2,16,17,18,19). The Morgan fingerprint density at radius 2 is 2.21 bits per heavy atom. The number of aromatic amines is 1. The van der Waals surface area contributed by atoms with E-state index in [2.05, 4.69) is 30.2 Å². The molecule has 0 radical (unpaired) electrons. The van der Waals surface area contributed by atoms with Crippen molar-refractivity contribution >= 4 is 28.5 Å². The highest BCUT2D eigenvalue weighted by Gasteiger charge is 2.06. The molecule has 0 saturated carbocycles. The van der Waals surface area contributed by atoms with E-state index >= 15 is 0 Å².